The molecule has 1 atom stereocenters. The highest BCUT2D eigenvalue weighted by molar-refractivity contribution is 5.66. The van der Waals surface area contributed by atoms with Crippen LogP contribution in [0.15, 0.2) is 53.3 Å². The minimum absolute atomic E-state index is 0.222. The molecule has 0 saturated heterocycles. The molecule has 2 aromatic carbocycles. The summed E-state index contributed by atoms with van der Waals surface area (Å²) in [5.41, 5.74) is 3.86. The van der Waals surface area contributed by atoms with E-state index in [0.717, 1.165) is 29.8 Å². The summed E-state index contributed by atoms with van der Waals surface area (Å²) in [4.78, 5) is 22.8. The van der Waals surface area contributed by atoms with E-state index in [2.05, 4.69) is 33.9 Å². The summed E-state index contributed by atoms with van der Waals surface area (Å²) in [6.07, 6.45) is 1.18. The fourth-order valence-electron chi connectivity index (χ4n) is 4.54. The van der Waals surface area contributed by atoms with Crippen molar-refractivity contribution in [2.75, 3.05) is 13.2 Å². The maximum absolute atomic E-state index is 13.0. The summed E-state index contributed by atoms with van der Waals surface area (Å²) in [5.74, 6) is 1.87. The number of aliphatic hydroxyl groups excluding tert-OH is 1. The molecule has 0 aliphatic carbocycles. The molecular formula is C28H35N5O3. The van der Waals surface area contributed by atoms with E-state index in [0.29, 0.717) is 49.0 Å². The van der Waals surface area contributed by atoms with Crippen LogP contribution in [0.25, 0.3) is 16.9 Å². The number of H-pyrrole nitrogens is 1. The van der Waals surface area contributed by atoms with Crippen LogP contribution in [0.5, 0.6) is 5.75 Å². The number of aromatic nitrogens is 4. The minimum atomic E-state index is -0.460. The zero-order chi connectivity index (χ0) is 25.7. The number of aryl methyl sites for hydroxylation is 2. The van der Waals surface area contributed by atoms with Crippen LogP contribution in [0.3, 0.4) is 0 Å². The molecule has 0 aliphatic rings. The Balaban J connectivity index is 1.74. The number of imidazole rings is 1. The number of hydrogen-bond donors (Lipinski definition) is 2. The van der Waals surface area contributed by atoms with Gasteiger partial charge >= 0.3 is 0 Å². The fourth-order valence-corrected chi connectivity index (χ4v) is 4.54. The fraction of sp³-hybridized carbons (Fsp3) is 0.393. The van der Waals surface area contributed by atoms with E-state index in [4.69, 9.17) is 9.84 Å². The SMILES string of the molecule is CCCc1nc(C)c2c(=O)[nH]c(-c3cc(CN(Cc4ccccc4)CC(C)O)ccc3OCC)nn12. The van der Waals surface area contributed by atoms with Crippen molar-refractivity contribution in [3.8, 4) is 17.1 Å². The van der Waals surface area contributed by atoms with Crippen LogP contribution in [0.1, 0.15) is 49.8 Å². The molecule has 0 spiro atoms. The molecule has 0 saturated carbocycles. The van der Waals surface area contributed by atoms with Crippen molar-refractivity contribution >= 4 is 5.52 Å². The Labute approximate surface area is 211 Å². The molecular weight excluding hydrogens is 454 g/mol. The molecule has 4 aromatic rings. The Morgan fingerprint density at radius 2 is 1.86 bits per heavy atom. The number of fused-ring (bicyclic) bond motifs is 1. The van der Waals surface area contributed by atoms with Gasteiger partial charge in [0.1, 0.15) is 11.6 Å². The first kappa shape index (κ1) is 25.6. The van der Waals surface area contributed by atoms with Crippen LogP contribution in [0.2, 0.25) is 0 Å². The maximum Gasteiger partial charge on any atom is 0.277 e. The Morgan fingerprint density at radius 3 is 2.56 bits per heavy atom. The van der Waals surface area contributed by atoms with Crippen LogP contribution in [-0.4, -0.2) is 48.8 Å². The molecule has 0 radical (unpaired) electrons. The Morgan fingerprint density at radius 1 is 1.11 bits per heavy atom. The highest BCUT2D eigenvalue weighted by atomic mass is 16.5. The van der Waals surface area contributed by atoms with Crippen molar-refractivity contribution in [1.82, 2.24) is 24.5 Å². The van der Waals surface area contributed by atoms with Crippen molar-refractivity contribution in [3.05, 3.63) is 81.5 Å². The molecule has 2 heterocycles. The molecule has 2 N–H and O–H groups in total. The molecule has 8 heteroatoms. The average Bonchev–Trinajstić information content (AvgIpc) is 3.16. The number of ether oxygens (including phenoxy) is 1. The second kappa shape index (κ2) is 11.5. The van der Waals surface area contributed by atoms with Gasteiger partial charge in [0, 0.05) is 26.1 Å². The van der Waals surface area contributed by atoms with Gasteiger partial charge in [-0.2, -0.15) is 0 Å². The van der Waals surface area contributed by atoms with Crippen LogP contribution >= 0.6 is 0 Å². The molecule has 2 aromatic heterocycles. The molecule has 0 amide bonds. The lowest BCUT2D eigenvalue weighted by Crippen LogP contribution is -2.30. The van der Waals surface area contributed by atoms with Gasteiger partial charge in [0.05, 0.1) is 24.0 Å². The standard InChI is InChI=1S/C28H35N5O3/c1-5-10-25-29-20(4)26-28(35)30-27(31-33(25)26)23-15-22(13-14-24(23)36-6-2)18-32(16-19(3)34)17-21-11-8-7-9-12-21/h7-9,11-15,19,34H,5-6,10,16-18H2,1-4H3,(H,30,31,35). The van der Waals surface area contributed by atoms with E-state index in [1.165, 1.54) is 5.56 Å². The second-order valence-electron chi connectivity index (χ2n) is 9.19. The van der Waals surface area contributed by atoms with Crippen LogP contribution in [0.4, 0.5) is 0 Å². The molecule has 1 unspecified atom stereocenters. The third kappa shape index (κ3) is 5.83. The zero-order valence-electron chi connectivity index (χ0n) is 21.5. The molecule has 0 bridgehead atoms. The van der Waals surface area contributed by atoms with Crippen molar-refractivity contribution in [2.24, 2.45) is 0 Å². The molecule has 0 aliphatic heterocycles. The van der Waals surface area contributed by atoms with Gasteiger partial charge in [0.25, 0.3) is 5.56 Å². The quantitative estimate of drug-likeness (QED) is 0.329. The van der Waals surface area contributed by atoms with Crippen molar-refractivity contribution in [3.63, 3.8) is 0 Å². The molecule has 8 nitrogen and oxygen atoms in total. The number of nitrogens with zero attached hydrogens (tertiary/aromatic N) is 4. The summed E-state index contributed by atoms with van der Waals surface area (Å²) in [6, 6.07) is 16.2. The first-order chi connectivity index (χ1) is 17.4. The van der Waals surface area contributed by atoms with E-state index in [1.807, 2.05) is 50.2 Å². The first-order valence-electron chi connectivity index (χ1n) is 12.6. The average molecular weight is 490 g/mol. The lowest BCUT2D eigenvalue weighted by atomic mass is 10.1. The summed E-state index contributed by atoms with van der Waals surface area (Å²) in [6.45, 7) is 10.0. The molecule has 190 valence electrons. The van der Waals surface area contributed by atoms with Crippen LogP contribution in [0, 0.1) is 6.92 Å². The smallest absolute Gasteiger partial charge is 0.277 e. The number of aliphatic hydroxyl groups is 1. The molecule has 0 fully saturated rings. The topological polar surface area (TPSA) is 95.8 Å². The van der Waals surface area contributed by atoms with E-state index < -0.39 is 6.10 Å². The Kier molecular flexibility index (Phi) is 8.18. The van der Waals surface area contributed by atoms with Crippen molar-refractivity contribution in [2.45, 2.75) is 59.7 Å². The number of benzene rings is 2. The Bertz CT molecular complexity index is 1360. The number of rotatable bonds is 11. The lowest BCUT2D eigenvalue weighted by molar-refractivity contribution is 0.118. The van der Waals surface area contributed by atoms with Gasteiger partial charge < -0.3 is 14.8 Å². The number of hydrogen-bond acceptors (Lipinski definition) is 6. The van der Waals surface area contributed by atoms with E-state index in [1.54, 1.807) is 11.4 Å². The van der Waals surface area contributed by atoms with E-state index in [9.17, 15) is 9.90 Å². The number of aromatic amines is 1. The summed E-state index contributed by atoms with van der Waals surface area (Å²) in [7, 11) is 0. The van der Waals surface area contributed by atoms with Crippen LogP contribution in [-0.2, 0) is 19.5 Å². The predicted molar refractivity (Wildman–Crippen MR) is 141 cm³/mol. The lowest BCUT2D eigenvalue weighted by Gasteiger charge is -2.24. The van der Waals surface area contributed by atoms with E-state index in [-0.39, 0.29) is 5.56 Å². The summed E-state index contributed by atoms with van der Waals surface area (Å²) < 4.78 is 7.58. The number of nitrogens with one attached hydrogen (secondary N) is 1. The van der Waals surface area contributed by atoms with Gasteiger partial charge in [-0.3, -0.25) is 9.69 Å². The predicted octanol–water partition coefficient (Wildman–Crippen LogP) is 4.13. The molecule has 36 heavy (non-hydrogen) atoms. The van der Waals surface area contributed by atoms with Gasteiger partial charge in [0.15, 0.2) is 11.3 Å². The first-order valence-corrected chi connectivity index (χ1v) is 12.6. The zero-order valence-corrected chi connectivity index (χ0v) is 21.5. The van der Waals surface area contributed by atoms with Gasteiger partial charge in [-0.1, -0.05) is 43.3 Å². The van der Waals surface area contributed by atoms with Gasteiger partial charge in [-0.25, -0.2) is 9.50 Å². The van der Waals surface area contributed by atoms with Crippen LogP contribution < -0.4 is 10.3 Å². The van der Waals surface area contributed by atoms with Crippen molar-refractivity contribution in [1.29, 1.82) is 0 Å². The third-order valence-electron chi connectivity index (χ3n) is 5.99. The summed E-state index contributed by atoms with van der Waals surface area (Å²) in [5, 5.41) is 14.9. The highest BCUT2D eigenvalue weighted by Gasteiger charge is 2.18. The monoisotopic (exact) mass is 489 g/mol. The maximum atomic E-state index is 13.0. The molecule has 4 rings (SSSR count). The summed E-state index contributed by atoms with van der Waals surface area (Å²) >= 11 is 0. The van der Waals surface area contributed by atoms with E-state index >= 15 is 0 Å². The normalized spacial score (nSPS) is 12.4. The minimum Gasteiger partial charge on any atom is -0.493 e. The highest BCUT2D eigenvalue weighted by Crippen LogP contribution is 2.29. The van der Waals surface area contributed by atoms with Crippen molar-refractivity contribution < 1.29 is 9.84 Å². The van der Waals surface area contributed by atoms with Gasteiger partial charge in [0.2, 0.25) is 0 Å². The second-order valence-corrected chi connectivity index (χ2v) is 9.19. The Hall–Kier alpha value is -3.49. The van der Waals surface area contributed by atoms with Gasteiger partial charge in [-0.15, -0.1) is 5.10 Å². The third-order valence-corrected chi connectivity index (χ3v) is 5.99. The van der Waals surface area contributed by atoms with Gasteiger partial charge in [-0.05, 0) is 50.5 Å². The largest absolute Gasteiger partial charge is 0.493 e.